The zero-order chi connectivity index (χ0) is 15.7. The number of nitrogens with one attached hydrogen (secondary N) is 1. The lowest BCUT2D eigenvalue weighted by Gasteiger charge is -2.19. The normalized spacial score (nSPS) is 12.4. The van der Waals surface area contributed by atoms with Crippen molar-refractivity contribution in [2.45, 2.75) is 26.3 Å². The maximum atomic E-state index is 12.0. The molecule has 0 fully saturated rings. The smallest absolute Gasteiger partial charge is 0.331 e. The lowest BCUT2D eigenvalue weighted by atomic mass is 10.1. The van der Waals surface area contributed by atoms with E-state index in [9.17, 15) is 14.7 Å². The van der Waals surface area contributed by atoms with Crippen molar-refractivity contribution < 1.29 is 5.11 Å². The molecule has 21 heavy (non-hydrogen) atoms. The Bertz CT molecular complexity index is 796. The van der Waals surface area contributed by atoms with Crippen LogP contribution >= 0.6 is 23.2 Å². The summed E-state index contributed by atoms with van der Waals surface area (Å²) in [6.07, 6.45) is 0.308. The lowest BCUT2D eigenvalue weighted by molar-refractivity contribution is 0.382. The van der Waals surface area contributed by atoms with Gasteiger partial charge in [0.1, 0.15) is 0 Å². The van der Waals surface area contributed by atoms with Gasteiger partial charge in [-0.1, -0.05) is 36.2 Å². The Morgan fingerprint density at radius 1 is 1.33 bits per heavy atom. The Morgan fingerprint density at radius 2 is 2.00 bits per heavy atom. The molecular weight excluding hydrogens is 315 g/mol. The van der Waals surface area contributed by atoms with Gasteiger partial charge < -0.3 is 5.11 Å². The molecule has 0 aliphatic rings. The molecule has 2 rings (SSSR count). The summed E-state index contributed by atoms with van der Waals surface area (Å²) in [5, 5.41) is 11.1. The van der Waals surface area contributed by atoms with Gasteiger partial charge in [0.15, 0.2) is 0 Å². The Morgan fingerprint density at radius 3 is 2.57 bits per heavy atom. The van der Waals surface area contributed by atoms with Gasteiger partial charge in [-0.05, 0) is 31.0 Å². The van der Waals surface area contributed by atoms with Crippen molar-refractivity contribution in [2.24, 2.45) is 0 Å². The van der Waals surface area contributed by atoms with Gasteiger partial charge >= 0.3 is 5.69 Å². The Hall–Kier alpha value is -1.72. The predicted molar refractivity (Wildman–Crippen MR) is 82.6 cm³/mol. The fraction of sp³-hybridized carbons (Fsp3) is 0.286. The van der Waals surface area contributed by atoms with Crippen LogP contribution in [-0.4, -0.2) is 14.7 Å². The summed E-state index contributed by atoms with van der Waals surface area (Å²) < 4.78 is 1.11. The van der Waals surface area contributed by atoms with Crippen molar-refractivity contribution in [1.82, 2.24) is 9.55 Å². The molecule has 1 unspecified atom stereocenters. The molecule has 0 bridgehead atoms. The van der Waals surface area contributed by atoms with E-state index in [1.165, 1.54) is 0 Å². The molecule has 0 saturated heterocycles. The van der Waals surface area contributed by atoms with Crippen molar-refractivity contribution in [2.75, 3.05) is 0 Å². The summed E-state index contributed by atoms with van der Waals surface area (Å²) in [6, 6.07) is 4.33. The molecule has 7 heteroatoms. The van der Waals surface area contributed by atoms with Crippen molar-refractivity contribution in [3.05, 3.63) is 60.2 Å². The summed E-state index contributed by atoms with van der Waals surface area (Å²) >= 11 is 12.0. The standard InChI is InChI=1S/C14H14Cl2N2O3/c1-3-9-12(19)17-14(21)18(13(9)20)7(2)10-5-4-8(15)6-11(10)16/h4-7,20H,3H2,1-2H3,(H,17,19,21). The molecule has 0 saturated carbocycles. The predicted octanol–water partition coefficient (Wildman–Crippen LogP) is 2.72. The third-order valence-electron chi connectivity index (χ3n) is 3.36. The Kier molecular flexibility index (Phi) is 4.44. The molecule has 0 amide bonds. The molecule has 5 nitrogen and oxygen atoms in total. The average molecular weight is 329 g/mol. The van der Waals surface area contributed by atoms with E-state index in [1.54, 1.807) is 32.0 Å². The molecule has 0 spiro atoms. The minimum absolute atomic E-state index is 0.159. The quantitative estimate of drug-likeness (QED) is 0.909. The maximum absolute atomic E-state index is 12.0. The Labute approximate surface area is 130 Å². The summed E-state index contributed by atoms with van der Waals surface area (Å²) in [5.74, 6) is -0.343. The second-order valence-corrected chi connectivity index (χ2v) is 5.47. The third kappa shape index (κ3) is 2.84. The molecule has 1 aromatic carbocycles. The number of nitrogens with zero attached hydrogens (tertiary/aromatic N) is 1. The molecule has 112 valence electrons. The van der Waals surface area contributed by atoms with Gasteiger partial charge in [-0.25, -0.2) is 4.79 Å². The third-order valence-corrected chi connectivity index (χ3v) is 3.93. The second kappa shape index (κ2) is 5.95. The van der Waals surface area contributed by atoms with E-state index in [2.05, 4.69) is 4.98 Å². The van der Waals surface area contributed by atoms with Crippen molar-refractivity contribution in [3.8, 4) is 5.88 Å². The first-order valence-corrected chi connectivity index (χ1v) is 7.14. The highest BCUT2D eigenvalue weighted by Gasteiger charge is 2.20. The molecular formula is C14H14Cl2N2O3. The molecule has 1 heterocycles. The van der Waals surface area contributed by atoms with Gasteiger partial charge in [0, 0.05) is 10.0 Å². The number of benzene rings is 1. The zero-order valence-corrected chi connectivity index (χ0v) is 13.0. The van der Waals surface area contributed by atoms with E-state index in [0.717, 1.165) is 4.57 Å². The lowest BCUT2D eigenvalue weighted by Crippen LogP contribution is -2.34. The SMILES string of the molecule is CCc1c(O)n(C(C)c2ccc(Cl)cc2Cl)c(=O)[nH]c1=O. The molecule has 0 aliphatic heterocycles. The van der Waals surface area contributed by atoms with Gasteiger partial charge in [-0.15, -0.1) is 0 Å². The number of hydrogen-bond donors (Lipinski definition) is 2. The maximum Gasteiger partial charge on any atom is 0.331 e. The summed E-state index contributed by atoms with van der Waals surface area (Å²) in [5.41, 5.74) is -0.488. The first-order valence-electron chi connectivity index (χ1n) is 6.38. The monoisotopic (exact) mass is 328 g/mol. The average Bonchev–Trinajstić information content (AvgIpc) is 2.38. The minimum atomic E-state index is -0.687. The van der Waals surface area contributed by atoms with Gasteiger partial charge in [0.05, 0.1) is 11.6 Å². The van der Waals surface area contributed by atoms with Crippen LogP contribution in [0.5, 0.6) is 5.88 Å². The van der Waals surface area contributed by atoms with Gasteiger partial charge in [0.2, 0.25) is 5.88 Å². The fourth-order valence-electron chi connectivity index (χ4n) is 2.23. The van der Waals surface area contributed by atoms with Gasteiger partial charge in [-0.3, -0.25) is 14.3 Å². The minimum Gasteiger partial charge on any atom is -0.494 e. The van der Waals surface area contributed by atoms with Crippen molar-refractivity contribution in [3.63, 3.8) is 0 Å². The summed E-state index contributed by atoms with van der Waals surface area (Å²) in [6.45, 7) is 3.42. The van der Waals surface area contributed by atoms with Crippen molar-refractivity contribution in [1.29, 1.82) is 0 Å². The van der Waals surface area contributed by atoms with Crippen LogP contribution in [0.25, 0.3) is 0 Å². The van der Waals surface area contributed by atoms with E-state index in [1.807, 2.05) is 0 Å². The number of aromatic nitrogens is 2. The fourth-order valence-corrected chi connectivity index (χ4v) is 2.80. The van der Waals surface area contributed by atoms with E-state index in [0.29, 0.717) is 22.0 Å². The van der Waals surface area contributed by atoms with E-state index in [-0.39, 0.29) is 11.4 Å². The molecule has 1 atom stereocenters. The van der Waals surface area contributed by atoms with Crippen LogP contribution in [-0.2, 0) is 6.42 Å². The number of rotatable bonds is 3. The highest BCUT2D eigenvalue weighted by Crippen LogP contribution is 2.30. The number of aromatic hydroxyl groups is 1. The largest absolute Gasteiger partial charge is 0.494 e. The van der Waals surface area contributed by atoms with Gasteiger partial charge in [-0.2, -0.15) is 0 Å². The van der Waals surface area contributed by atoms with Crippen LogP contribution in [0.2, 0.25) is 10.0 Å². The molecule has 2 aromatic rings. The van der Waals surface area contributed by atoms with Crippen LogP contribution < -0.4 is 11.2 Å². The Balaban J connectivity index is 2.66. The second-order valence-electron chi connectivity index (χ2n) is 4.63. The van der Waals surface area contributed by atoms with Crippen LogP contribution in [0, 0.1) is 0 Å². The van der Waals surface area contributed by atoms with Crippen LogP contribution in [0.3, 0.4) is 0 Å². The van der Waals surface area contributed by atoms with E-state index >= 15 is 0 Å². The zero-order valence-electron chi connectivity index (χ0n) is 11.5. The summed E-state index contributed by atoms with van der Waals surface area (Å²) in [4.78, 5) is 25.8. The van der Waals surface area contributed by atoms with Crippen LogP contribution in [0.4, 0.5) is 0 Å². The number of H-pyrrole nitrogens is 1. The van der Waals surface area contributed by atoms with E-state index < -0.39 is 17.3 Å². The first kappa shape index (κ1) is 15.7. The molecule has 2 N–H and O–H groups in total. The highest BCUT2D eigenvalue weighted by molar-refractivity contribution is 6.35. The number of halogens is 2. The van der Waals surface area contributed by atoms with Crippen molar-refractivity contribution >= 4 is 23.2 Å². The van der Waals surface area contributed by atoms with Gasteiger partial charge in [0.25, 0.3) is 5.56 Å². The highest BCUT2D eigenvalue weighted by atomic mass is 35.5. The molecule has 0 radical (unpaired) electrons. The van der Waals surface area contributed by atoms with Crippen LogP contribution in [0.1, 0.15) is 31.0 Å². The number of aromatic amines is 1. The first-order chi connectivity index (χ1) is 9.86. The van der Waals surface area contributed by atoms with Crippen LogP contribution in [0.15, 0.2) is 27.8 Å². The molecule has 0 aliphatic carbocycles. The van der Waals surface area contributed by atoms with E-state index in [4.69, 9.17) is 23.2 Å². The topological polar surface area (TPSA) is 75.1 Å². The molecule has 1 aromatic heterocycles. The summed E-state index contributed by atoms with van der Waals surface area (Å²) in [7, 11) is 0. The number of hydrogen-bond acceptors (Lipinski definition) is 3.